The predicted octanol–water partition coefficient (Wildman–Crippen LogP) is 2.37. The van der Waals surface area contributed by atoms with Gasteiger partial charge in [-0.1, -0.05) is 6.07 Å². The van der Waals surface area contributed by atoms with Crippen molar-refractivity contribution in [2.24, 2.45) is 0 Å². The molecule has 7 heteroatoms. The maximum Gasteiger partial charge on any atom is 0.265 e. The zero-order valence-electron chi connectivity index (χ0n) is 12.0. The van der Waals surface area contributed by atoms with E-state index in [9.17, 15) is 12.8 Å². The zero-order chi connectivity index (χ0) is 15.7. The van der Waals surface area contributed by atoms with E-state index in [1.807, 2.05) is 6.92 Å². The van der Waals surface area contributed by atoms with E-state index >= 15 is 0 Å². The van der Waals surface area contributed by atoms with E-state index in [0.29, 0.717) is 31.1 Å². The molecule has 0 amide bonds. The van der Waals surface area contributed by atoms with Gasteiger partial charge in [0.2, 0.25) is 5.88 Å². The van der Waals surface area contributed by atoms with E-state index in [1.54, 1.807) is 6.07 Å². The molecule has 1 aromatic heterocycles. The first-order valence-corrected chi connectivity index (χ1v) is 8.36. The molecule has 116 valence electrons. The van der Waals surface area contributed by atoms with Crippen LogP contribution in [-0.4, -0.2) is 26.6 Å². The van der Waals surface area contributed by atoms with Crippen molar-refractivity contribution in [3.8, 4) is 5.88 Å². The lowest BCUT2D eigenvalue weighted by Gasteiger charge is -2.19. The maximum atomic E-state index is 13.4. The number of fused-ring (bicyclic) bond motifs is 1. The molecular formula is C15H15FN2O3S. The van der Waals surface area contributed by atoms with E-state index in [2.05, 4.69) is 4.98 Å². The Hall–Kier alpha value is -2.15. The number of nitrogens with zero attached hydrogens (tertiary/aromatic N) is 2. The summed E-state index contributed by atoms with van der Waals surface area (Å²) in [5.41, 5.74) is 1.22. The Morgan fingerprint density at radius 3 is 2.82 bits per heavy atom. The summed E-state index contributed by atoms with van der Waals surface area (Å²) in [6.07, 6.45) is 1.83. The van der Waals surface area contributed by atoms with Crippen LogP contribution in [-0.2, 0) is 16.4 Å². The lowest BCUT2D eigenvalue weighted by Crippen LogP contribution is -2.29. The molecule has 0 aliphatic carbocycles. The highest BCUT2D eigenvalue weighted by Crippen LogP contribution is 2.33. The summed E-state index contributed by atoms with van der Waals surface area (Å²) in [6, 6.07) is 7.18. The number of benzene rings is 1. The molecule has 0 saturated heterocycles. The number of ether oxygens (including phenoxy) is 1. The Bertz CT molecular complexity index is 791. The van der Waals surface area contributed by atoms with Crippen LogP contribution in [0.5, 0.6) is 5.88 Å². The molecule has 0 saturated carbocycles. The summed E-state index contributed by atoms with van der Waals surface area (Å²) in [5, 5.41) is 0. The molecule has 3 rings (SSSR count). The van der Waals surface area contributed by atoms with Crippen LogP contribution in [0.2, 0.25) is 0 Å². The average molecular weight is 322 g/mol. The van der Waals surface area contributed by atoms with Crippen LogP contribution < -0.4 is 9.04 Å². The lowest BCUT2D eigenvalue weighted by molar-refractivity contribution is 0.326. The first-order chi connectivity index (χ1) is 10.5. The second-order valence-electron chi connectivity index (χ2n) is 4.87. The van der Waals surface area contributed by atoms with E-state index in [0.717, 1.165) is 5.56 Å². The number of halogens is 1. The number of anilines is 1. The van der Waals surface area contributed by atoms with Gasteiger partial charge >= 0.3 is 0 Å². The van der Waals surface area contributed by atoms with Crippen LogP contribution in [0.4, 0.5) is 10.1 Å². The number of sulfonamides is 1. The third kappa shape index (κ3) is 2.52. The van der Waals surface area contributed by atoms with Gasteiger partial charge in [-0.05, 0) is 37.1 Å². The molecule has 0 radical (unpaired) electrons. The van der Waals surface area contributed by atoms with Crippen LogP contribution >= 0.6 is 0 Å². The van der Waals surface area contributed by atoms with Gasteiger partial charge in [0, 0.05) is 12.6 Å². The van der Waals surface area contributed by atoms with Crippen LogP contribution in [0.25, 0.3) is 0 Å². The van der Waals surface area contributed by atoms with E-state index < -0.39 is 15.8 Å². The minimum Gasteiger partial charge on any atom is -0.478 e. The fraction of sp³-hybridized carbons (Fsp3) is 0.267. The normalized spacial score (nSPS) is 14.0. The molecule has 2 aromatic rings. The number of rotatable bonds is 4. The SMILES string of the molecule is CCOc1ccc(S(=O)(=O)N2CCc3ccc(F)cc32)cn1. The molecule has 0 N–H and O–H groups in total. The highest BCUT2D eigenvalue weighted by molar-refractivity contribution is 7.92. The minimum absolute atomic E-state index is 0.0630. The van der Waals surface area contributed by atoms with Gasteiger partial charge in [0.15, 0.2) is 0 Å². The second-order valence-corrected chi connectivity index (χ2v) is 6.73. The van der Waals surface area contributed by atoms with Crippen molar-refractivity contribution in [1.29, 1.82) is 0 Å². The fourth-order valence-electron chi connectivity index (χ4n) is 2.45. The van der Waals surface area contributed by atoms with Crippen LogP contribution in [0.15, 0.2) is 41.4 Å². The molecule has 0 unspecified atom stereocenters. The van der Waals surface area contributed by atoms with E-state index in [4.69, 9.17) is 4.74 Å². The van der Waals surface area contributed by atoms with Crippen molar-refractivity contribution in [3.05, 3.63) is 47.9 Å². The van der Waals surface area contributed by atoms with Crippen molar-refractivity contribution in [1.82, 2.24) is 4.98 Å². The van der Waals surface area contributed by atoms with E-state index in [1.165, 1.54) is 34.8 Å². The largest absolute Gasteiger partial charge is 0.478 e. The predicted molar refractivity (Wildman–Crippen MR) is 80.0 cm³/mol. The molecule has 0 bridgehead atoms. The Morgan fingerprint density at radius 1 is 1.32 bits per heavy atom. The van der Waals surface area contributed by atoms with E-state index in [-0.39, 0.29) is 4.90 Å². The van der Waals surface area contributed by atoms with Gasteiger partial charge < -0.3 is 4.74 Å². The first-order valence-electron chi connectivity index (χ1n) is 6.92. The number of pyridine rings is 1. The third-order valence-electron chi connectivity index (χ3n) is 3.49. The summed E-state index contributed by atoms with van der Waals surface area (Å²) in [7, 11) is -3.75. The van der Waals surface area contributed by atoms with Gasteiger partial charge in [-0.25, -0.2) is 17.8 Å². The molecule has 0 spiro atoms. The molecule has 5 nitrogen and oxygen atoms in total. The number of hydrogen-bond donors (Lipinski definition) is 0. The Kier molecular flexibility index (Phi) is 3.74. The Balaban J connectivity index is 1.96. The fourth-order valence-corrected chi connectivity index (χ4v) is 3.89. The molecular weight excluding hydrogens is 307 g/mol. The van der Waals surface area contributed by atoms with Gasteiger partial charge in [-0.3, -0.25) is 4.31 Å². The quantitative estimate of drug-likeness (QED) is 0.867. The second kappa shape index (κ2) is 5.57. The summed E-state index contributed by atoms with van der Waals surface area (Å²) >= 11 is 0. The van der Waals surface area contributed by atoms with Gasteiger partial charge in [0.05, 0.1) is 18.5 Å². The zero-order valence-corrected chi connectivity index (χ0v) is 12.8. The molecule has 2 heterocycles. The molecule has 1 aliphatic rings. The average Bonchev–Trinajstić information content (AvgIpc) is 2.92. The molecule has 22 heavy (non-hydrogen) atoms. The van der Waals surface area contributed by atoms with Gasteiger partial charge in [-0.15, -0.1) is 0 Å². The number of hydrogen-bond acceptors (Lipinski definition) is 4. The van der Waals surface area contributed by atoms with Crippen molar-refractivity contribution in [2.75, 3.05) is 17.5 Å². The smallest absolute Gasteiger partial charge is 0.265 e. The van der Waals surface area contributed by atoms with Crippen LogP contribution in [0.1, 0.15) is 12.5 Å². The molecule has 0 fully saturated rings. The van der Waals surface area contributed by atoms with Crippen LogP contribution in [0, 0.1) is 5.82 Å². The maximum absolute atomic E-state index is 13.4. The topological polar surface area (TPSA) is 59.5 Å². The van der Waals surface area contributed by atoms with Gasteiger partial charge in [0.1, 0.15) is 10.7 Å². The van der Waals surface area contributed by atoms with Crippen molar-refractivity contribution < 1.29 is 17.5 Å². The first kappa shape index (κ1) is 14.8. The summed E-state index contributed by atoms with van der Waals surface area (Å²) in [5.74, 6) is -0.0833. The van der Waals surface area contributed by atoms with Crippen molar-refractivity contribution >= 4 is 15.7 Å². The molecule has 1 aromatic carbocycles. The number of aromatic nitrogens is 1. The van der Waals surface area contributed by atoms with Crippen LogP contribution in [0.3, 0.4) is 0 Å². The highest BCUT2D eigenvalue weighted by Gasteiger charge is 2.31. The molecule has 1 aliphatic heterocycles. The minimum atomic E-state index is -3.75. The summed E-state index contributed by atoms with van der Waals surface area (Å²) < 4.78 is 45.2. The van der Waals surface area contributed by atoms with Crippen molar-refractivity contribution in [3.63, 3.8) is 0 Å². The third-order valence-corrected chi connectivity index (χ3v) is 5.29. The highest BCUT2D eigenvalue weighted by atomic mass is 32.2. The monoisotopic (exact) mass is 322 g/mol. The van der Waals surface area contributed by atoms with Gasteiger partial charge in [-0.2, -0.15) is 0 Å². The summed E-state index contributed by atoms with van der Waals surface area (Å²) in [6.45, 7) is 2.58. The Labute approximate surface area is 128 Å². The lowest BCUT2D eigenvalue weighted by atomic mass is 10.2. The Morgan fingerprint density at radius 2 is 2.14 bits per heavy atom. The molecule has 0 atom stereocenters. The standard InChI is InChI=1S/C15H15FN2O3S/c1-2-21-15-6-5-13(10-17-15)22(19,20)18-8-7-11-3-4-12(16)9-14(11)18/h3-6,9-10H,2,7-8H2,1H3. The van der Waals surface area contributed by atoms with Gasteiger partial charge in [0.25, 0.3) is 10.0 Å². The summed E-state index contributed by atoms with van der Waals surface area (Å²) in [4.78, 5) is 4.04. The van der Waals surface area contributed by atoms with Crippen molar-refractivity contribution in [2.45, 2.75) is 18.2 Å².